The Kier molecular flexibility index (Phi) is 0.911. The number of nitrogens with zero attached hydrogens (tertiary/aromatic N) is 1. The number of hydrogen-bond donors (Lipinski definition) is 0. The molecular weight excluding hydrogens is 86.1 g/mol. The fraction of sp³-hybridized carbons (Fsp3) is 0.833. The number of hydrogen-bond acceptors (Lipinski definition) is 1. The fourth-order valence-corrected chi connectivity index (χ4v) is 0.729. The van der Waals surface area contributed by atoms with E-state index in [-0.39, 0.29) is 0 Å². The smallest absolute Gasteiger partial charge is 0.0394 e. The van der Waals surface area contributed by atoms with E-state index in [4.69, 9.17) is 0 Å². The highest BCUT2D eigenvalue weighted by atomic mass is 14.8. The third kappa shape index (κ3) is 1.02. The molecule has 1 aliphatic heterocycles. The molecule has 0 amide bonds. The van der Waals surface area contributed by atoms with Gasteiger partial charge in [0.15, 0.2) is 0 Å². The highest BCUT2D eigenvalue weighted by Gasteiger charge is 2.17. The van der Waals surface area contributed by atoms with E-state index in [2.05, 4.69) is 18.8 Å². The van der Waals surface area contributed by atoms with Crippen LogP contribution in [0, 0.1) is 5.41 Å². The first-order valence-electron chi connectivity index (χ1n) is 2.72. The van der Waals surface area contributed by atoms with Crippen LogP contribution in [0.1, 0.15) is 20.3 Å². The molecule has 40 valence electrons. The summed E-state index contributed by atoms with van der Waals surface area (Å²) in [7, 11) is 0. The zero-order chi connectivity index (χ0) is 5.33. The van der Waals surface area contributed by atoms with Gasteiger partial charge < -0.3 is 0 Å². The first-order valence-corrected chi connectivity index (χ1v) is 2.72. The molecule has 0 fully saturated rings. The maximum atomic E-state index is 4.11. The topological polar surface area (TPSA) is 12.4 Å². The van der Waals surface area contributed by atoms with Crippen molar-refractivity contribution in [2.24, 2.45) is 10.4 Å². The van der Waals surface area contributed by atoms with Crippen molar-refractivity contribution >= 4 is 6.21 Å². The Morgan fingerprint density at radius 2 is 2.29 bits per heavy atom. The molecule has 0 aromatic heterocycles. The molecule has 1 rings (SSSR count). The lowest BCUT2D eigenvalue weighted by molar-refractivity contribution is 0.528. The molecule has 0 spiro atoms. The standard InChI is InChI=1S/C6H11N/c1-6(2)3-4-7-5-6/h5H,3-4H2,1-2H3. The third-order valence-corrected chi connectivity index (χ3v) is 1.33. The molecule has 0 saturated heterocycles. The van der Waals surface area contributed by atoms with Crippen molar-refractivity contribution in [2.45, 2.75) is 20.3 Å². The Morgan fingerprint density at radius 1 is 1.57 bits per heavy atom. The van der Waals surface area contributed by atoms with Gasteiger partial charge in [-0.3, -0.25) is 4.99 Å². The van der Waals surface area contributed by atoms with E-state index in [1.165, 1.54) is 6.42 Å². The first-order chi connectivity index (χ1) is 3.21. The van der Waals surface area contributed by atoms with Gasteiger partial charge >= 0.3 is 0 Å². The molecule has 0 unspecified atom stereocenters. The summed E-state index contributed by atoms with van der Waals surface area (Å²) in [6.45, 7) is 5.46. The molecule has 1 heteroatoms. The molecule has 1 aliphatic rings. The van der Waals surface area contributed by atoms with Crippen LogP contribution in [-0.2, 0) is 0 Å². The minimum atomic E-state index is 0.403. The van der Waals surface area contributed by atoms with Crippen molar-refractivity contribution in [2.75, 3.05) is 6.54 Å². The first kappa shape index (κ1) is 4.82. The summed E-state index contributed by atoms with van der Waals surface area (Å²) in [5.74, 6) is 0. The van der Waals surface area contributed by atoms with E-state index in [0.717, 1.165) is 6.54 Å². The minimum absolute atomic E-state index is 0.403. The minimum Gasteiger partial charge on any atom is -0.297 e. The van der Waals surface area contributed by atoms with Crippen molar-refractivity contribution < 1.29 is 0 Å². The van der Waals surface area contributed by atoms with Gasteiger partial charge in [0.2, 0.25) is 0 Å². The summed E-state index contributed by atoms with van der Waals surface area (Å²) in [5.41, 5.74) is 0.403. The summed E-state index contributed by atoms with van der Waals surface area (Å²) in [6.07, 6.45) is 3.28. The summed E-state index contributed by atoms with van der Waals surface area (Å²) in [6, 6.07) is 0. The molecule has 1 nitrogen and oxygen atoms in total. The lowest BCUT2D eigenvalue weighted by Crippen LogP contribution is -2.06. The fourth-order valence-electron chi connectivity index (χ4n) is 0.729. The van der Waals surface area contributed by atoms with Gasteiger partial charge in [-0.2, -0.15) is 0 Å². The molecule has 0 bridgehead atoms. The molecule has 0 saturated carbocycles. The van der Waals surface area contributed by atoms with Crippen LogP contribution in [0.25, 0.3) is 0 Å². The van der Waals surface area contributed by atoms with Gasteiger partial charge in [0, 0.05) is 18.2 Å². The molecule has 0 radical (unpaired) electrons. The SMILES string of the molecule is CC1(C)C=NCC1. The normalized spacial score (nSPS) is 26.0. The van der Waals surface area contributed by atoms with Crippen LogP contribution in [0.3, 0.4) is 0 Å². The third-order valence-electron chi connectivity index (χ3n) is 1.33. The van der Waals surface area contributed by atoms with Crippen LogP contribution >= 0.6 is 0 Å². The molecular formula is C6H11N. The van der Waals surface area contributed by atoms with Crippen molar-refractivity contribution in [3.63, 3.8) is 0 Å². The summed E-state index contributed by atoms with van der Waals surface area (Å²) in [4.78, 5) is 4.11. The van der Waals surface area contributed by atoms with E-state index in [1.807, 2.05) is 6.21 Å². The van der Waals surface area contributed by atoms with Gasteiger partial charge in [0.25, 0.3) is 0 Å². The Balaban J connectivity index is 2.57. The summed E-state index contributed by atoms with van der Waals surface area (Å²) in [5, 5.41) is 0. The van der Waals surface area contributed by atoms with Crippen molar-refractivity contribution in [3.05, 3.63) is 0 Å². The Morgan fingerprint density at radius 3 is 2.43 bits per heavy atom. The van der Waals surface area contributed by atoms with Crippen LogP contribution in [-0.4, -0.2) is 12.8 Å². The lowest BCUT2D eigenvalue weighted by atomic mass is 9.94. The van der Waals surface area contributed by atoms with Gasteiger partial charge in [0.1, 0.15) is 0 Å². The van der Waals surface area contributed by atoms with Crippen LogP contribution in [0.4, 0.5) is 0 Å². The number of rotatable bonds is 0. The van der Waals surface area contributed by atoms with E-state index < -0.39 is 0 Å². The number of aliphatic imine (C=N–C) groups is 1. The summed E-state index contributed by atoms with van der Waals surface area (Å²) >= 11 is 0. The highest BCUT2D eigenvalue weighted by molar-refractivity contribution is 5.66. The van der Waals surface area contributed by atoms with E-state index in [0.29, 0.717) is 5.41 Å². The second-order valence-corrected chi connectivity index (χ2v) is 2.77. The molecule has 1 heterocycles. The van der Waals surface area contributed by atoms with Gasteiger partial charge in [-0.15, -0.1) is 0 Å². The van der Waals surface area contributed by atoms with Gasteiger partial charge in [-0.1, -0.05) is 13.8 Å². The molecule has 0 aromatic rings. The van der Waals surface area contributed by atoms with Gasteiger partial charge in [-0.25, -0.2) is 0 Å². The average Bonchev–Trinajstić information content (AvgIpc) is 1.84. The quantitative estimate of drug-likeness (QED) is 0.434. The highest BCUT2D eigenvalue weighted by Crippen LogP contribution is 2.21. The van der Waals surface area contributed by atoms with E-state index in [1.54, 1.807) is 0 Å². The zero-order valence-electron chi connectivity index (χ0n) is 4.94. The van der Waals surface area contributed by atoms with Gasteiger partial charge in [0.05, 0.1) is 0 Å². The Bertz CT molecular complexity index is 92.4. The maximum Gasteiger partial charge on any atom is 0.0394 e. The molecule has 0 aromatic carbocycles. The predicted molar refractivity (Wildman–Crippen MR) is 31.8 cm³/mol. The van der Waals surface area contributed by atoms with E-state index in [9.17, 15) is 0 Å². The molecule has 0 N–H and O–H groups in total. The lowest BCUT2D eigenvalue weighted by Gasteiger charge is -2.09. The monoisotopic (exact) mass is 97.1 g/mol. The van der Waals surface area contributed by atoms with Crippen LogP contribution in [0.2, 0.25) is 0 Å². The predicted octanol–water partition coefficient (Wildman–Crippen LogP) is 1.49. The van der Waals surface area contributed by atoms with Crippen LogP contribution in [0.5, 0.6) is 0 Å². The second kappa shape index (κ2) is 1.32. The Labute approximate surface area is 44.5 Å². The van der Waals surface area contributed by atoms with Crippen LogP contribution in [0.15, 0.2) is 4.99 Å². The van der Waals surface area contributed by atoms with Crippen molar-refractivity contribution in [1.29, 1.82) is 0 Å². The van der Waals surface area contributed by atoms with Crippen LogP contribution < -0.4 is 0 Å². The molecule has 0 aliphatic carbocycles. The van der Waals surface area contributed by atoms with Crippen molar-refractivity contribution in [3.8, 4) is 0 Å². The largest absolute Gasteiger partial charge is 0.297 e. The average molecular weight is 97.2 g/mol. The van der Waals surface area contributed by atoms with Crippen molar-refractivity contribution in [1.82, 2.24) is 0 Å². The molecule has 7 heavy (non-hydrogen) atoms. The summed E-state index contributed by atoms with van der Waals surface area (Å²) < 4.78 is 0. The zero-order valence-corrected chi connectivity index (χ0v) is 4.94. The second-order valence-electron chi connectivity index (χ2n) is 2.77. The maximum absolute atomic E-state index is 4.11. The van der Waals surface area contributed by atoms with E-state index >= 15 is 0 Å². The van der Waals surface area contributed by atoms with Gasteiger partial charge in [-0.05, 0) is 6.42 Å². The Hall–Kier alpha value is -0.330. The molecule has 0 atom stereocenters.